The second-order valence-electron chi connectivity index (χ2n) is 15.6. The van der Waals surface area contributed by atoms with E-state index < -0.39 is 48.0 Å². The molecule has 1 aliphatic rings. The number of aliphatic carboxylic acids is 1. The maximum absolute atomic E-state index is 13.7. The number of carbonyl (C=O) groups excluding carboxylic acids is 4. The number of amides is 3. The summed E-state index contributed by atoms with van der Waals surface area (Å²) in [6, 6.07) is -2.92. The molecule has 1 aliphatic heterocycles. The standard InChI is InChI=1S/C38H70N4O7/c1-9-28(8)16-14-12-10-11-13-15-17-30-23-34(43)41-31(18-19-35(44)45)36(46)40-29(20-25(2)3)24-39-32(21-26(4)5)37(47)42-33(22-27(6)7)38(48)49-30/h25-33,39H,9-24H2,1-8H3,(H,40,46)(H,41,43)(H,42,47)(H,44,45)/t28?,29-,30+,31-,32+,33-/m0/s1. The van der Waals surface area contributed by atoms with Crippen LogP contribution in [0.25, 0.3) is 0 Å². The van der Waals surface area contributed by atoms with Crippen molar-refractivity contribution in [3.8, 4) is 0 Å². The molecule has 3 amide bonds. The molecule has 49 heavy (non-hydrogen) atoms. The minimum Gasteiger partial charge on any atom is -0.481 e. The van der Waals surface area contributed by atoms with E-state index in [2.05, 4.69) is 35.1 Å². The number of nitrogens with one attached hydrogen (secondary N) is 4. The van der Waals surface area contributed by atoms with E-state index in [1.54, 1.807) is 0 Å². The van der Waals surface area contributed by atoms with E-state index in [-0.39, 0.29) is 55.5 Å². The molecule has 0 aromatic heterocycles. The summed E-state index contributed by atoms with van der Waals surface area (Å²) in [5.74, 6) is -1.65. The highest BCUT2D eigenvalue weighted by Crippen LogP contribution is 2.18. The van der Waals surface area contributed by atoms with Crippen LogP contribution in [-0.2, 0) is 28.7 Å². The Morgan fingerprint density at radius 1 is 0.735 bits per heavy atom. The van der Waals surface area contributed by atoms with Crippen LogP contribution in [0.2, 0.25) is 0 Å². The summed E-state index contributed by atoms with van der Waals surface area (Å²) in [5, 5.41) is 21.4. The van der Waals surface area contributed by atoms with Gasteiger partial charge in [0.05, 0.1) is 12.5 Å². The highest BCUT2D eigenvalue weighted by atomic mass is 16.5. The molecule has 5 N–H and O–H groups in total. The van der Waals surface area contributed by atoms with Gasteiger partial charge in [0.15, 0.2) is 0 Å². The van der Waals surface area contributed by atoms with E-state index in [0.29, 0.717) is 25.7 Å². The minimum absolute atomic E-state index is 0.0783. The van der Waals surface area contributed by atoms with Crippen LogP contribution in [0.5, 0.6) is 0 Å². The van der Waals surface area contributed by atoms with Gasteiger partial charge in [-0.15, -0.1) is 0 Å². The van der Waals surface area contributed by atoms with Gasteiger partial charge in [0.25, 0.3) is 0 Å². The number of hydrogen-bond donors (Lipinski definition) is 5. The summed E-state index contributed by atoms with van der Waals surface area (Å²) in [5.41, 5.74) is 0. The van der Waals surface area contributed by atoms with Crippen LogP contribution in [0.15, 0.2) is 0 Å². The van der Waals surface area contributed by atoms with Gasteiger partial charge in [0.2, 0.25) is 17.7 Å². The highest BCUT2D eigenvalue weighted by Gasteiger charge is 2.32. The number of carboxylic acid groups (broad SMARTS) is 1. The summed E-state index contributed by atoms with van der Waals surface area (Å²) in [6.07, 6.45) is 9.44. The second kappa shape index (κ2) is 24.5. The Morgan fingerprint density at radius 2 is 1.31 bits per heavy atom. The molecule has 0 bridgehead atoms. The maximum Gasteiger partial charge on any atom is 0.328 e. The van der Waals surface area contributed by atoms with Crippen LogP contribution in [0.4, 0.5) is 0 Å². The lowest BCUT2D eigenvalue weighted by Gasteiger charge is -2.30. The lowest BCUT2D eigenvalue weighted by Crippen LogP contribution is -2.56. The Balaban J connectivity index is 3.29. The third kappa shape index (κ3) is 20.6. The SMILES string of the molecule is CCC(C)CCCCCCCC[C@@H]1CC(=O)N[C@@H](CCC(=O)O)C(=O)N[C@@H](CC(C)C)CN[C@H](CC(C)C)C(=O)N[C@@H](CC(C)C)C(=O)O1. The van der Waals surface area contributed by atoms with Crippen LogP contribution < -0.4 is 21.3 Å². The van der Waals surface area contributed by atoms with Gasteiger partial charge in [-0.1, -0.05) is 100 Å². The predicted molar refractivity (Wildman–Crippen MR) is 194 cm³/mol. The molecule has 0 saturated carbocycles. The molecular weight excluding hydrogens is 624 g/mol. The molecule has 0 aromatic carbocycles. The zero-order valence-corrected chi connectivity index (χ0v) is 31.9. The molecule has 11 heteroatoms. The first-order chi connectivity index (χ1) is 23.1. The van der Waals surface area contributed by atoms with E-state index in [4.69, 9.17) is 4.74 Å². The van der Waals surface area contributed by atoms with E-state index in [1.807, 2.05) is 41.5 Å². The number of rotatable bonds is 19. The molecule has 1 heterocycles. The third-order valence-corrected chi connectivity index (χ3v) is 9.21. The maximum atomic E-state index is 13.7. The summed E-state index contributed by atoms with van der Waals surface area (Å²) in [4.78, 5) is 65.7. The first-order valence-electron chi connectivity index (χ1n) is 19.2. The zero-order chi connectivity index (χ0) is 36.9. The normalized spacial score (nSPS) is 24.0. The molecule has 1 fully saturated rings. The van der Waals surface area contributed by atoms with Gasteiger partial charge in [0, 0.05) is 19.0 Å². The Bertz CT molecular complexity index is 1000. The van der Waals surface area contributed by atoms with Crippen LogP contribution in [-0.4, -0.2) is 71.6 Å². The van der Waals surface area contributed by atoms with Crippen molar-refractivity contribution < 1.29 is 33.8 Å². The largest absolute Gasteiger partial charge is 0.481 e. The first-order valence-corrected chi connectivity index (χ1v) is 19.2. The predicted octanol–water partition coefficient (Wildman–Crippen LogP) is 5.88. The monoisotopic (exact) mass is 695 g/mol. The molecule has 1 unspecified atom stereocenters. The smallest absolute Gasteiger partial charge is 0.328 e. The van der Waals surface area contributed by atoms with Crippen molar-refractivity contribution in [3.05, 3.63) is 0 Å². The molecule has 11 nitrogen and oxygen atoms in total. The Hall–Kier alpha value is -2.69. The minimum atomic E-state index is -1.07. The van der Waals surface area contributed by atoms with E-state index >= 15 is 0 Å². The van der Waals surface area contributed by atoms with E-state index in [1.165, 1.54) is 25.7 Å². The zero-order valence-electron chi connectivity index (χ0n) is 31.9. The number of carbonyl (C=O) groups is 5. The van der Waals surface area contributed by atoms with Crippen molar-refractivity contribution in [1.82, 2.24) is 21.3 Å². The lowest BCUT2D eigenvalue weighted by molar-refractivity contribution is -0.155. The van der Waals surface area contributed by atoms with Crippen molar-refractivity contribution in [1.29, 1.82) is 0 Å². The summed E-state index contributed by atoms with van der Waals surface area (Å²) >= 11 is 0. The van der Waals surface area contributed by atoms with E-state index in [9.17, 15) is 29.1 Å². The third-order valence-electron chi connectivity index (χ3n) is 9.21. The number of hydrogen-bond acceptors (Lipinski definition) is 7. The van der Waals surface area contributed by atoms with Gasteiger partial charge in [0.1, 0.15) is 18.2 Å². The van der Waals surface area contributed by atoms with Crippen LogP contribution >= 0.6 is 0 Å². The lowest BCUT2D eigenvalue weighted by atomic mass is 9.98. The fourth-order valence-electron chi connectivity index (χ4n) is 6.28. The van der Waals surface area contributed by atoms with Crippen molar-refractivity contribution >= 4 is 29.7 Å². The molecule has 0 aliphatic carbocycles. The number of ether oxygens (including phenoxy) is 1. The highest BCUT2D eigenvalue weighted by molar-refractivity contribution is 5.89. The number of carboxylic acids is 1. The summed E-state index contributed by atoms with van der Waals surface area (Å²) in [6.45, 7) is 16.9. The Kier molecular flexibility index (Phi) is 22.1. The first kappa shape index (κ1) is 44.3. The van der Waals surface area contributed by atoms with Crippen molar-refractivity contribution in [3.63, 3.8) is 0 Å². The molecule has 0 aromatic rings. The number of cyclic esters (lactones) is 1. The van der Waals surface area contributed by atoms with Gasteiger partial charge in [-0.3, -0.25) is 19.2 Å². The molecule has 0 radical (unpaired) electrons. The molecule has 6 atom stereocenters. The van der Waals surface area contributed by atoms with Gasteiger partial charge < -0.3 is 31.1 Å². The van der Waals surface area contributed by atoms with Gasteiger partial charge in [-0.05, 0) is 62.2 Å². The van der Waals surface area contributed by atoms with Crippen LogP contribution in [0.3, 0.4) is 0 Å². The number of esters is 1. The fourth-order valence-corrected chi connectivity index (χ4v) is 6.28. The van der Waals surface area contributed by atoms with Crippen molar-refractivity contribution in [2.45, 2.75) is 182 Å². The Labute approximate surface area is 296 Å². The van der Waals surface area contributed by atoms with Crippen LogP contribution in [0, 0.1) is 23.7 Å². The van der Waals surface area contributed by atoms with E-state index in [0.717, 1.165) is 31.6 Å². The topological polar surface area (TPSA) is 163 Å². The fraction of sp³-hybridized carbons (Fsp3) is 0.868. The second-order valence-corrected chi connectivity index (χ2v) is 15.6. The average Bonchev–Trinajstić information content (AvgIpc) is 3.00. The van der Waals surface area contributed by atoms with Gasteiger partial charge in [-0.2, -0.15) is 0 Å². The Morgan fingerprint density at radius 3 is 1.90 bits per heavy atom. The summed E-state index contributed by atoms with van der Waals surface area (Å²) in [7, 11) is 0. The van der Waals surface area contributed by atoms with Crippen molar-refractivity contribution in [2.75, 3.05) is 6.54 Å². The number of unbranched alkanes of at least 4 members (excludes halogenated alkanes) is 5. The molecule has 1 saturated heterocycles. The average molecular weight is 695 g/mol. The van der Waals surface area contributed by atoms with Crippen molar-refractivity contribution in [2.24, 2.45) is 23.7 Å². The molecule has 284 valence electrons. The van der Waals surface area contributed by atoms with Crippen LogP contribution in [0.1, 0.15) is 152 Å². The van der Waals surface area contributed by atoms with Gasteiger partial charge >= 0.3 is 11.9 Å². The molecule has 1 rings (SSSR count). The molecular formula is C38H70N4O7. The summed E-state index contributed by atoms with van der Waals surface area (Å²) < 4.78 is 5.98. The van der Waals surface area contributed by atoms with Gasteiger partial charge in [-0.25, -0.2) is 4.79 Å². The molecule has 0 spiro atoms. The quantitative estimate of drug-likeness (QED) is 0.0827.